The normalized spacial score (nSPS) is 11.4. The molecule has 0 amide bonds. The molecule has 0 saturated heterocycles. The second-order valence-corrected chi connectivity index (χ2v) is 6.40. The Hall–Kier alpha value is -2.69. The molecule has 0 atom stereocenters. The molecule has 0 unspecified atom stereocenters. The highest BCUT2D eigenvalue weighted by Gasteiger charge is 2.13. The number of H-pyrrole nitrogens is 1. The molecule has 3 aromatic rings. The van der Waals surface area contributed by atoms with Gasteiger partial charge in [0, 0.05) is 18.0 Å². The van der Waals surface area contributed by atoms with Crippen molar-refractivity contribution in [2.75, 3.05) is 0 Å². The molecule has 2 heterocycles. The summed E-state index contributed by atoms with van der Waals surface area (Å²) in [7, 11) is 0. The number of nitrogens with zero attached hydrogens (tertiary/aromatic N) is 3. The molecule has 1 N–H and O–H groups in total. The number of aromatic nitrogens is 4. The fourth-order valence-electron chi connectivity index (χ4n) is 2.19. The fourth-order valence-corrected chi connectivity index (χ4v) is 2.19. The van der Waals surface area contributed by atoms with E-state index in [2.05, 4.69) is 53.1 Å². The Bertz CT molecular complexity index is 758. The zero-order valence-corrected chi connectivity index (χ0v) is 13.6. The smallest absolute Gasteiger partial charge is 0.181 e. The van der Waals surface area contributed by atoms with Gasteiger partial charge in [0.1, 0.15) is 12.4 Å². The number of pyridine rings is 1. The highest BCUT2D eigenvalue weighted by molar-refractivity contribution is 5.52. The van der Waals surface area contributed by atoms with Crippen molar-refractivity contribution in [3.63, 3.8) is 0 Å². The van der Waals surface area contributed by atoms with Crippen LogP contribution in [0.1, 0.15) is 32.2 Å². The van der Waals surface area contributed by atoms with E-state index in [1.165, 1.54) is 5.56 Å². The molecule has 5 heteroatoms. The van der Waals surface area contributed by atoms with E-state index in [-0.39, 0.29) is 5.41 Å². The minimum atomic E-state index is 0.142. The van der Waals surface area contributed by atoms with Gasteiger partial charge in [-0.05, 0) is 35.2 Å². The number of ether oxygens (including phenoxy) is 1. The van der Waals surface area contributed by atoms with Crippen LogP contribution in [0.5, 0.6) is 5.75 Å². The first-order valence-corrected chi connectivity index (χ1v) is 7.57. The molecule has 2 aromatic heterocycles. The van der Waals surface area contributed by atoms with Crippen LogP contribution in [0.15, 0.2) is 48.8 Å². The van der Waals surface area contributed by atoms with Crippen molar-refractivity contribution in [3.8, 4) is 17.1 Å². The molecule has 1 aromatic carbocycles. The van der Waals surface area contributed by atoms with Crippen LogP contribution in [-0.2, 0) is 12.0 Å². The lowest BCUT2D eigenvalue weighted by Gasteiger charge is -2.19. The summed E-state index contributed by atoms with van der Waals surface area (Å²) < 4.78 is 5.76. The maximum absolute atomic E-state index is 5.76. The van der Waals surface area contributed by atoms with E-state index >= 15 is 0 Å². The number of rotatable bonds is 4. The third-order valence-corrected chi connectivity index (χ3v) is 3.57. The van der Waals surface area contributed by atoms with Gasteiger partial charge in [0.25, 0.3) is 0 Å². The SMILES string of the molecule is CC(C)(C)c1ccc(OCc2nc(-c3ccncc3)n[nH]2)cc1. The Labute approximate surface area is 135 Å². The maximum atomic E-state index is 5.76. The zero-order chi connectivity index (χ0) is 16.3. The molecule has 23 heavy (non-hydrogen) atoms. The molecule has 0 spiro atoms. The summed E-state index contributed by atoms with van der Waals surface area (Å²) in [5.41, 5.74) is 2.35. The van der Waals surface area contributed by atoms with E-state index < -0.39 is 0 Å². The minimum absolute atomic E-state index is 0.142. The third kappa shape index (κ3) is 3.74. The average molecular weight is 308 g/mol. The standard InChI is InChI=1S/C18H20N4O/c1-18(2,3)14-4-6-15(7-5-14)23-12-16-20-17(22-21-16)13-8-10-19-11-9-13/h4-11H,12H2,1-3H3,(H,20,21,22). The monoisotopic (exact) mass is 308 g/mol. The van der Waals surface area contributed by atoms with Gasteiger partial charge in [0.2, 0.25) is 0 Å². The van der Waals surface area contributed by atoms with Crippen LogP contribution in [0.4, 0.5) is 0 Å². The van der Waals surface area contributed by atoms with E-state index in [0.29, 0.717) is 18.3 Å². The van der Waals surface area contributed by atoms with Crippen molar-refractivity contribution >= 4 is 0 Å². The molecule has 0 saturated carbocycles. The Morgan fingerprint density at radius 3 is 2.35 bits per heavy atom. The van der Waals surface area contributed by atoms with Crippen molar-refractivity contribution in [2.45, 2.75) is 32.8 Å². The molecular formula is C18H20N4O. The molecule has 0 bridgehead atoms. The summed E-state index contributed by atoms with van der Waals surface area (Å²) in [5.74, 6) is 2.16. The predicted molar refractivity (Wildman–Crippen MR) is 89.1 cm³/mol. The number of hydrogen-bond donors (Lipinski definition) is 1. The summed E-state index contributed by atoms with van der Waals surface area (Å²) in [6.45, 7) is 6.93. The summed E-state index contributed by atoms with van der Waals surface area (Å²) >= 11 is 0. The quantitative estimate of drug-likeness (QED) is 0.797. The lowest BCUT2D eigenvalue weighted by atomic mass is 9.87. The summed E-state index contributed by atoms with van der Waals surface area (Å²) in [5, 5.41) is 7.10. The second kappa shape index (κ2) is 6.20. The van der Waals surface area contributed by atoms with E-state index in [9.17, 15) is 0 Å². The summed E-state index contributed by atoms with van der Waals surface area (Å²) in [4.78, 5) is 8.42. The Balaban J connectivity index is 1.64. The topological polar surface area (TPSA) is 63.7 Å². The van der Waals surface area contributed by atoms with Gasteiger partial charge >= 0.3 is 0 Å². The van der Waals surface area contributed by atoms with Crippen molar-refractivity contribution < 1.29 is 4.74 Å². The Morgan fingerprint density at radius 2 is 1.70 bits per heavy atom. The molecule has 118 valence electrons. The van der Waals surface area contributed by atoms with Crippen LogP contribution in [0.2, 0.25) is 0 Å². The van der Waals surface area contributed by atoms with Gasteiger partial charge in [-0.25, -0.2) is 4.98 Å². The zero-order valence-electron chi connectivity index (χ0n) is 13.6. The molecular weight excluding hydrogens is 288 g/mol. The van der Waals surface area contributed by atoms with Crippen molar-refractivity contribution in [2.24, 2.45) is 0 Å². The number of hydrogen-bond acceptors (Lipinski definition) is 4. The molecule has 0 aliphatic rings. The van der Waals surface area contributed by atoms with E-state index in [1.807, 2.05) is 24.3 Å². The number of nitrogens with one attached hydrogen (secondary N) is 1. The first kappa shape index (κ1) is 15.2. The minimum Gasteiger partial charge on any atom is -0.486 e. The van der Waals surface area contributed by atoms with Gasteiger partial charge in [0.05, 0.1) is 0 Å². The molecule has 5 nitrogen and oxygen atoms in total. The maximum Gasteiger partial charge on any atom is 0.181 e. The Kier molecular flexibility index (Phi) is 4.10. The molecule has 3 rings (SSSR count). The summed E-state index contributed by atoms with van der Waals surface area (Å²) in [6, 6.07) is 11.9. The van der Waals surface area contributed by atoms with Crippen LogP contribution in [-0.4, -0.2) is 20.2 Å². The van der Waals surface area contributed by atoms with Gasteiger partial charge in [-0.2, -0.15) is 5.10 Å². The number of benzene rings is 1. The van der Waals surface area contributed by atoms with Crippen molar-refractivity contribution in [1.82, 2.24) is 20.2 Å². The highest BCUT2D eigenvalue weighted by Crippen LogP contribution is 2.24. The average Bonchev–Trinajstić information content (AvgIpc) is 3.02. The van der Waals surface area contributed by atoms with Gasteiger partial charge < -0.3 is 4.74 Å². The third-order valence-electron chi connectivity index (χ3n) is 3.57. The van der Waals surface area contributed by atoms with Crippen LogP contribution >= 0.6 is 0 Å². The Morgan fingerprint density at radius 1 is 1.00 bits per heavy atom. The summed E-state index contributed by atoms with van der Waals surface area (Å²) in [6.07, 6.45) is 3.44. The second-order valence-electron chi connectivity index (χ2n) is 6.40. The van der Waals surface area contributed by atoms with Crippen LogP contribution in [0, 0.1) is 0 Å². The lowest BCUT2D eigenvalue weighted by molar-refractivity contribution is 0.296. The van der Waals surface area contributed by atoms with Crippen molar-refractivity contribution in [3.05, 3.63) is 60.2 Å². The largest absolute Gasteiger partial charge is 0.486 e. The van der Waals surface area contributed by atoms with Gasteiger partial charge in [-0.1, -0.05) is 32.9 Å². The van der Waals surface area contributed by atoms with E-state index in [4.69, 9.17) is 4.74 Å². The van der Waals surface area contributed by atoms with Crippen LogP contribution < -0.4 is 4.74 Å². The van der Waals surface area contributed by atoms with Crippen LogP contribution in [0.25, 0.3) is 11.4 Å². The van der Waals surface area contributed by atoms with E-state index in [0.717, 1.165) is 11.3 Å². The molecule has 0 radical (unpaired) electrons. The first-order valence-electron chi connectivity index (χ1n) is 7.57. The first-order chi connectivity index (χ1) is 11.0. The van der Waals surface area contributed by atoms with Gasteiger partial charge in [0.15, 0.2) is 11.6 Å². The lowest BCUT2D eigenvalue weighted by Crippen LogP contribution is -2.10. The van der Waals surface area contributed by atoms with Crippen molar-refractivity contribution in [1.29, 1.82) is 0 Å². The van der Waals surface area contributed by atoms with Gasteiger partial charge in [-0.3, -0.25) is 10.1 Å². The molecule has 0 aliphatic heterocycles. The van der Waals surface area contributed by atoms with E-state index in [1.54, 1.807) is 12.4 Å². The molecule has 0 fully saturated rings. The predicted octanol–water partition coefficient (Wildman–Crippen LogP) is 3.74. The number of aromatic amines is 1. The molecule has 0 aliphatic carbocycles. The highest BCUT2D eigenvalue weighted by atomic mass is 16.5. The fraction of sp³-hybridized carbons (Fsp3) is 0.278. The van der Waals surface area contributed by atoms with Gasteiger partial charge in [-0.15, -0.1) is 0 Å². The van der Waals surface area contributed by atoms with Crippen LogP contribution in [0.3, 0.4) is 0 Å².